The van der Waals surface area contributed by atoms with Gasteiger partial charge < -0.3 is 5.32 Å². The first kappa shape index (κ1) is 14.1. The highest BCUT2D eigenvalue weighted by atomic mass is 16.1. The zero-order valence-corrected chi connectivity index (χ0v) is 12.4. The second-order valence-corrected chi connectivity index (χ2v) is 4.89. The van der Waals surface area contributed by atoms with Crippen molar-refractivity contribution in [1.29, 1.82) is 0 Å². The molecule has 0 spiro atoms. The number of benzene rings is 2. The van der Waals surface area contributed by atoms with Crippen molar-refractivity contribution in [3.8, 4) is 16.9 Å². The van der Waals surface area contributed by atoms with Gasteiger partial charge in [0.15, 0.2) is 5.69 Å². The Labute approximate surface area is 129 Å². The number of carbonyl (C=O) groups excluding carboxylic acids is 1. The second-order valence-electron chi connectivity index (χ2n) is 4.89. The summed E-state index contributed by atoms with van der Waals surface area (Å²) in [5.74, 6) is -0.158. The molecule has 0 radical (unpaired) electrons. The van der Waals surface area contributed by atoms with E-state index in [-0.39, 0.29) is 5.91 Å². The van der Waals surface area contributed by atoms with Crippen molar-refractivity contribution in [3.63, 3.8) is 0 Å². The van der Waals surface area contributed by atoms with Crippen molar-refractivity contribution in [2.75, 3.05) is 6.54 Å². The molecule has 0 saturated heterocycles. The Morgan fingerprint density at radius 2 is 1.68 bits per heavy atom. The number of para-hydroxylation sites is 1. The molecule has 4 nitrogen and oxygen atoms in total. The largest absolute Gasteiger partial charge is 0.351 e. The minimum atomic E-state index is -0.158. The van der Waals surface area contributed by atoms with Crippen molar-refractivity contribution >= 4 is 5.91 Å². The van der Waals surface area contributed by atoms with Crippen LogP contribution in [0.2, 0.25) is 0 Å². The Bertz CT molecular complexity index is 707. The van der Waals surface area contributed by atoms with E-state index in [1.165, 1.54) is 0 Å². The Balaban J connectivity index is 2.12. The Morgan fingerprint density at radius 3 is 2.32 bits per heavy atom. The molecule has 0 atom stereocenters. The molecular formula is C18H17N3O. The van der Waals surface area contributed by atoms with E-state index in [2.05, 4.69) is 10.4 Å². The SMILES string of the molecule is CCNC(=O)c1cc(-c2ccccc2)n(-c2ccccc2)n1. The van der Waals surface area contributed by atoms with Crippen LogP contribution in [0.5, 0.6) is 0 Å². The normalized spacial score (nSPS) is 10.4. The molecule has 0 fully saturated rings. The van der Waals surface area contributed by atoms with Crippen LogP contribution < -0.4 is 5.32 Å². The maximum absolute atomic E-state index is 12.1. The fraction of sp³-hybridized carbons (Fsp3) is 0.111. The molecule has 0 aliphatic rings. The molecule has 1 heterocycles. The number of amides is 1. The van der Waals surface area contributed by atoms with Crippen molar-refractivity contribution in [2.24, 2.45) is 0 Å². The van der Waals surface area contributed by atoms with Crippen molar-refractivity contribution < 1.29 is 4.79 Å². The Hall–Kier alpha value is -2.88. The summed E-state index contributed by atoms with van der Waals surface area (Å²) in [7, 11) is 0. The zero-order valence-electron chi connectivity index (χ0n) is 12.4. The maximum atomic E-state index is 12.1. The minimum absolute atomic E-state index is 0.158. The van der Waals surface area contributed by atoms with E-state index in [4.69, 9.17) is 0 Å². The average Bonchev–Trinajstić information content (AvgIpc) is 3.02. The van der Waals surface area contributed by atoms with E-state index in [0.29, 0.717) is 12.2 Å². The molecule has 4 heteroatoms. The van der Waals surface area contributed by atoms with Crippen molar-refractivity contribution in [2.45, 2.75) is 6.92 Å². The lowest BCUT2D eigenvalue weighted by Crippen LogP contribution is -2.23. The second kappa shape index (κ2) is 6.26. The van der Waals surface area contributed by atoms with E-state index in [0.717, 1.165) is 16.9 Å². The minimum Gasteiger partial charge on any atom is -0.351 e. The lowest BCUT2D eigenvalue weighted by atomic mass is 10.1. The molecular weight excluding hydrogens is 274 g/mol. The van der Waals surface area contributed by atoms with Gasteiger partial charge in [-0.25, -0.2) is 4.68 Å². The Kier molecular flexibility index (Phi) is 4.01. The summed E-state index contributed by atoms with van der Waals surface area (Å²) >= 11 is 0. The van der Waals surface area contributed by atoms with Gasteiger partial charge in [-0.3, -0.25) is 4.79 Å². The van der Waals surface area contributed by atoms with Gasteiger partial charge in [0, 0.05) is 12.1 Å². The molecule has 110 valence electrons. The first-order valence-electron chi connectivity index (χ1n) is 7.28. The van der Waals surface area contributed by atoms with Crippen LogP contribution in [0.3, 0.4) is 0 Å². The lowest BCUT2D eigenvalue weighted by Gasteiger charge is -2.07. The Morgan fingerprint density at radius 1 is 1.05 bits per heavy atom. The van der Waals surface area contributed by atoms with Crippen LogP contribution in [0.15, 0.2) is 66.7 Å². The molecule has 3 aromatic rings. The summed E-state index contributed by atoms with van der Waals surface area (Å²) in [6.45, 7) is 2.47. The fourth-order valence-corrected chi connectivity index (χ4v) is 2.32. The molecule has 1 N–H and O–H groups in total. The summed E-state index contributed by atoms with van der Waals surface area (Å²) in [5.41, 5.74) is 3.27. The first-order chi connectivity index (χ1) is 10.8. The molecule has 3 rings (SSSR count). The fourth-order valence-electron chi connectivity index (χ4n) is 2.32. The first-order valence-corrected chi connectivity index (χ1v) is 7.28. The molecule has 0 unspecified atom stereocenters. The average molecular weight is 291 g/mol. The van der Waals surface area contributed by atoms with Crippen LogP contribution in [0.25, 0.3) is 16.9 Å². The van der Waals surface area contributed by atoms with Gasteiger partial charge >= 0.3 is 0 Å². The van der Waals surface area contributed by atoms with Gasteiger partial charge in [-0.1, -0.05) is 48.5 Å². The van der Waals surface area contributed by atoms with Crippen LogP contribution in [0.1, 0.15) is 17.4 Å². The molecule has 1 aromatic heterocycles. The summed E-state index contributed by atoms with van der Waals surface area (Å²) < 4.78 is 1.81. The van der Waals surface area contributed by atoms with Crippen LogP contribution in [-0.4, -0.2) is 22.2 Å². The number of hydrogen-bond donors (Lipinski definition) is 1. The van der Waals surface area contributed by atoms with Gasteiger partial charge in [-0.2, -0.15) is 5.10 Å². The van der Waals surface area contributed by atoms with Crippen LogP contribution >= 0.6 is 0 Å². The number of rotatable bonds is 4. The highest BCUT2D eigenvalue weighted by Crippen LogP contribution is 2.23. The maximum Gasteiger partial charge on any atom is 0.271 e. The summed E-state index contributed by atoms with van der Waals surface area (Å²) in [6.07, 6.45) is 0. The molecule has 1 amide bonds. The summed E-state index contributed by atoms with van der Waals surface area (Å²) in [4.78, 5) is 12.1. The van der Waals surface area contributed by atoms with Crippen LogP contribution in [0.4, 0.5) is 0 Å². The monoisotopic (exact) mass is 291 g/mol. The van der Waals surface area contributed by atoms with E-state index in [9.17, 15) is 4.79 Å². The number of nitrogens with zero attached hydrogens (tertiary/aromatic N) is 2. The summed E-state index contributed by atoms with van der Waals surface area (Å²) in [5, 5.41) is 7.27. The van der Waals surface area contributed by atoms with Gasteiger partial charge in [-0.05, 0) is 25.1 Å². The van der Waals surface area contributed by atoms with Crippen molar-refractivity contribution in [3.05, 3.63) is 72.4 Å². The molecule has 22 heavy (non-hydrogen) atoms. The molecule has 2 aromatic carbocycles. The lowest BCUT2D eigenvalue weighted by molar-refractivity contribution is 0.0950. The van der Waals surface area contributed by atoms with Gasteiger partial charge in [0.1, 0.15) is 0 Å². The number of carbonyl (C=O) groups is 1. The van der Waals surface area contributed by atoms with Gasteiger partial charge in [-0.15, -0.1) is 0 Å². The third-order valence-electron chi connectivity index (χ3n) is 3.35. The van der Waals surface area contributed by atoms with Crippen LogP contribution in [-0.2, 0) is 0 Å². The molecule has 0 aliphatic heterocycles. The standard InChI is InChI=1S/C18H17N3O/c1-2-19-18(22)16-13-17(14-9-5-3-6-10-14)21(20-16)15-11-7-4-8-12-15/h3-13H,2H2,1H3,(H,19,22). The third-order valence-corrected chi connectivity index (χ3v) is 3.35. The van der Waals surface area contributed by atoms with Gasteiger partial charge in [0.05, 0.1) is 11.4 Å². The topological polar surface area (TPSA) is 46.9 Å². The predicted molar refractivity (Wildman–Crippen MR) is 87.0 cm³/mol. The third kappa shape index (κ3) is 2.76. The van der Waals surface area contributed by atoms with E-state index in [1.807, 2.05) is 73.7 Å². The molecule has 0 aliphatic carbocycles. The summed E-state index contributed by atoms with van der Waals surface area (Å²) in [6, 6.07) is 21.6. The molecule has 0 bridgehead atoms. The highest BCUT2D eigenvalue weighted by molar-refractivity contribution is 5.93. The number of nitrogens with one attached hydrogen (secondary N) is 1. The van der Waals surface area contributed by atoms with E-state index < -0.39 is 0 Å². The van der Waals surface area contributed by atoms with E-state index >= 15 is 0 Å². The van der Waals surface area contributed by atoms with Crippen molar-refractivity contribution in [1.82, 2.24) is 15.1 Å². The zero-order chi connectivity index (χ0) is 15.4. The smallest absolute Gasteiger partial charge is 0.271 e. The highest BCUT2D eigenvalue weighted by Gasteiger charge is 2.15. The number of aromatic nitrogens is 2. The molecule has 0 saturated carbocycles. The van der Waals surface area contributed by atoms with Gasteiger partial charge in [0.2, 0.25) is 0 Å². The van der Waals surface area contributed by atoms with Gasteiger partial charge in [0.25, 0.3) is 5.91 Å². The quantitative estimate of drug-likeness (QED) is 0.802. The van der Waals surface area contributed by atoms with E-state index in [1.54, 1.807) is 4.68 Å². The number of hydrogen-bond acceptors (Lipinski definition) is 2. The predicted octanol–water partition coefficient (Wildman–Crippen LogP) is 3.29. The van der Waals surface area contributed by atoms with Crippen LogP contribution in [0, 0.1) is 0 Å².